The number of anilines is 1. The zero-order chi connectivity index (χ0) is 20.1. The number of halogens is 1. The van der Waals surface area contributed by atoms with Gasteiger partial charge in [-0.3, -0.25) is 4.79 Å². The van der Waals surface area contributed by atoms with Crippen molar-refractivity contribution in [1.82, 2.24) is 4.83 Å². The average molecular weight is 434 g/mol. The Bertz CT molecular complexity index is 1090. The fourth-order valence-corrected chi connectivity index (χ4v) is 3.86. The van der Waals surface area contributed by atoms with E-state index in [9.17, 15) is 13.2 Å². The number of benzene rings is 2. The van der Waals surface area contributed by atoms with E-state index in [0.717, 1.165) is 0 Å². The first-order chi connectivity index (χ1) is 13.3. The summed E-state index contributed by atoms with van der Waals surface area (Å²) in [7, 11) is -3.78. The van der Waals surface area contributed by atoms with Crippen LogP contribution in [-0.2, 0) is 10.0 Å². The molecule has 0 unspecified atom stereocenters. The Morgan fingerprint density at radius 3 is 2.32 bits per heavy atom. The van der Waals surface area contributed by atoms with E-state index in [0.29, 0.717) is 26.9 Å². The third-order valence-corrected chi connectivity index (χ3v) is 6.11. The SMILES string of the molecule is C/C(=N/NS(=O)(=O)c1ccc(Cl)cc1)c1ccc(NC(=O)c2cccs2)cc1. The predicted molar refractivity (Wildman–Crippen MR) is 113 cm³/mol. The number of nitrogens with one attached hydrogen (secondary N) is 2. The van der Waals surface area contributed by atoms with Crippen LogP contribution in [-0.4, -0.2) is 20.0 Å². The third-order valence-electron chi connectivity index (χ3n) is 3.76. The molecule has 28 heavy (non-hydrogen) atoms. The lowest BCUT2D eigenvalue weighted by atomic mass is 10.1. The van der Waals surface area contributed by atoms with E-state index in [1.54, 1.807) is 37.3 Å². The second kappa shape index (κ2) is 8.55. The van der Waals surface area contributed by atoms with E-state index in [1.807, 2.05) is 11.4 Å². The highest BCUT2D eigenvalue weighted by Crippen LogP contribution is 2.16. The van der Waals surface area contributed by atoms with Crippen molar-refractivity contribution in [3.63, 3.8) is 0 Å². The number of nitrogens with zero attached hydrogens (tertiary/aromatic N) is 1. The van der Waals surface area contributed by atoms with E-state index < -0.39 is 10.0 Å². The lowest BCUT2D eigenvalue weighted by Crippen LogP contribution is -2.19. The summed E-state index contributed by atoms with van der Waals surface area (Å²) >= 11 is 7.14. The summed E-state index contributed by atoms with van der Waals surface area (Å²) in [5, 5.41) is 9.04. The first-order valence-electron chi connectivity index (χ1n) is 8.12. The number of hydrogen-bond acceptors (Lipinski definition) is 5. The van der Waals surface area contributed by atoms with Crippen LogP contribution in [0.3, 0.4) is 0 Å². The number of thiophene rings is 1. The molecule has 2 N–H and O–H groups in total. The van der Waals surface area contributed by atoms with Gasteiger partial charge in [-0.15, -0.1) is 11.3 Å². The molecular weight excluding hydrogens is 418 g/mol. The Morgan fingerprint density at radius 2 is 1.71 bits per heavy atom. The molecule has 0 aliphatic heterocycles. The van der Waals surface area contributed by atoms with Gasteiger partial charge in [0.05, 0.1) is 15.5 Å². The van der Waals surface area contributed by atoms with Crippen LogP contribution in [0.5, 0.6) is 0 Å². The number of rotatable bonds is 6. The highest BCUT2D eigenvalue weighted by molar-refractivity contribution is 7.89. The zero-order valence-electron chi connectivity index (χ0n) is 14.7. The largest absolute Gasteiger partial charge is 0.321 e. The maximum Gasteiger partial charge on any atom is 0.276 e. The molecule has 0 saturated heterocycles. The van der Waals surface area contributed by atoms with E-state index in [1.165, 1.54) is 35.6 Å². The molecule has 6 nitrogen and oxygen atoms in total. The summed E-state index contributed by atoms with van der Waals surface area (Å²) in [5.41, 5.74) is 1.83. The van der Waals surface area contributed by atoms with E-state index in [-0.39, 0.29) is 10.8 Å². The summed E-state index contributed by atoms with van der Waals surface area (Å²) in [4.78, 5) is 15.0. The second-order valence-electron chi connectivity index (χ2n) is 5.75. The van der Waals surface area contributed by atoms with Crippen molar-refractivity contribution in [2.24, 2.45) is 5.10 Å². The molecule has 2 aromatic carbocycles. The van der Waals surface area contributed by atoms with Crippen molar-refractivity contribution < 1.29 is 13.2 Å². The summed E-state index contributed by atoms with van der Waals surface area (Å²) in [6.45, 7) is 1.68. The van der Waals surface area contributed by atoms with Crippen LogP contribution >= 0.6 is 22.9 Å². The van der Waals surface area contributed by atoms with Gasteiger partial charge >= 0.3 is 0 Å². The van der Waals surface area contributed by atoms with Crippen molar-refractivity contribution in [2.45, 2.75) is 11.8 Å². The van der Waals surface area contributed by atoms with Gasteiger partial charge in [-0.2, -0.15) is 18.4 Å². The lowest BCUT2D eigenvalue weighted by Gasteiger charge is -2.07. The molecule has 9 heteroatoms. The molecular formula is C19H16ClN3O3S2. The number of sulfonamides is 1. The maximum atomic E-state index is 12.3. The smallest absolute Gasteiger partial charge is 0.276 e. The van der Waals surface area contributed by atoms with Crippen molar-refractivity contribution in [2.75, 3.05) is 5.32 Å². The average Bonchev–Trinajstić information content (AvgIpc) is 3.22. The summed E-state index contributed by atoms with van der Waals surface area (Å²) in [6, 6.07) is 16.3. The first kappa shape index (κ1) is 20.1. The summed E-state index contributed by atoms with van der Waals surface area (Å²) < 4.78 is 24.5. The number of amides is 1. The molecule has 1 aromatic heterocycles. The van der Waals surface area contributed by atoms with Crippen molar-refractivity contribution in [3.8, 4) is 0 Å². The van der Waals surface area contributed by atoms with Gasteiger partial charge in [0.2, 0.25) is 0 Å². The normalized spacial score (nSPS) is 11.9. The van der Waals surface area contributed by atoms with Gasteiger partial charge in [0.1, 0.15) is 0 Å². The number of hydrogen-bond donors (Lipinski definition) is 2. The monoisotopic (exact) mass is 433 g/mol. The summed E-state index contributed by atoms with van der Waals surface area (Å²) in [6.07, 6.45) is 0. The number of hydrazone groups is 1. The molecule has 0 aliphatic rings. The van der Waals surface area contributed by atoms with Crippen molar-refractivity contribution >= 4 is 50.3 Å². The van der Waals surface area contributed by atoms with E-state index >= 15 is 0 Å². The fraction of sp³-hybridized carbons (Fsp3) is 0.0526. The molecule has 0 aliphatic carbocycles. The van der Waals surface area contributed by atoms with Gasteiger partial charge in [-0.05, 0) is 60.3 Å². The van der Waals surface area contributed by atoms with Gasteiger partial charge < -0.3 is 5.32 Å². The maximum absolute atomic E-state index is 12.3. The molecule has 0 radical (unpaired) electrons. The number of carbonyl (C=O) groups excluding carboxylic acids is 1. The van der Waals surface area contributed by atoms with Gasteiger partial charge in [-0.1, -0.05) is 29.8 Å². The minimum Gasteiger partial charge on any atom is -0.321 e. The zero-order valence-corrected chi connectivity index (χ0v) is 17.1. The Morgan fingerprint density at radius 1 is 1.04 bits per heavy atom. The Balaban J connectivity index is 1.67. The Kier molecular flexibility index (Phi) is 6.13. The Labute approximate surface area is 171 Å². The minimum absolute atomic E-state index is 0.0695. The quantitative estimate of drug-likeness (QED) is 0.447. The standard InChI is InChI=1S/C19H16ClN3O3S2/c1-13(22-23-28(25,26)17-10-6-15(20)7-11-17)14-4-8-16(9-5-14)21-19(24)18-3-2-12-27-18/h2-12,23H,1H3,(H,21,24)/b22-13-. The topological polar surface area (TPSA) is 87.6 Å². The molecule has 1 heterocycles. The van der Waals surface area contributed by atoms with Crippen LogP contribution in [0.1, 0.15) is 22.2 Å². The third kappa shape index (κ3) is 4.98. The van der Waals surface area contributed by atoms with E-state index in [2.05, 4.69) is 15.2 Å². The van der Waals surface area contributed by atoms with Crippen LogP contribution in [0.2, 0.25) is 5.02 Å². The molecule has 144 valence electrons. The van der Waals surface area contributed by atoms with Gasteiger partial charge in [-0.25, -0.2) is 0 Å². The number of carbonyl (C=O) groups is 1. The van der Waals surface area contributed by atoms with Crippen LogP contribution in [0.25, 0.3) is 0 Å². The predicted octanol–water partition coefficient (Wildman–Crippen LogP) is 4.36. The molecule has 3 rings (SSSR count). The van der Waals surface area contributed by atoms with Gasteiger partial charge in [0, 0.05) is 10.7 Å². The van der Waals surface area contributed by atoms with Crippen molar-refractivity contribution in [3.05, 3.63) is 81.5 Å². The second-order valence-corrected chi connectivity index (χ2v) is 8.80. The van der Waals surface area contributed by atoms with Crippen LogP contribution in [0.15, 0.2) is 76.0 Å². The molecule has 3 aromatic rings. The van der Waals surface area contributed by atoms with E-state index in [4.69, 9.17) is 11.6 Å². The molecule has 0 fully saturated rings. The first-order valence-corrected chi connectivity index (χ1v) is 10.9. The van der Waals surface area contributed by atoms with Crippen LogP contribution in [0.4, 0.5) is 5.69 Å². The molecule has 0 atom stereocenters. The minimum atomic E-state index is -3.78. The molecule has 0 bridgehead atoms. The summed E-state index contributed by atoms with van der Waals surface area (Å²) in [5.74, 6) is -0.177. The highest BCUT2D eigenvalue weighted by atomic mass is 35.5. The van der Waals surface area contributed by atoms with Crippen molar-refractivity contribution in [1.29, 1.82) is 0 Å². The molecule has 1 amide bonds. The Hall–Kier alpha value is -2.68. The lowest BCUT2D eigenvalue weighted by molar-refractivity contribution is 0.103. The molecule has 0 saturated carbocycles. The highest BCUT2D eigenvalue weighted by Gasteiger charge is 2.13. The van der Waals surface area contributed by atoms with Crippen LogP contribution in [0, 0.1) is 0 Å². The fourth-order valence-electron chi connectivity index (χ4n) is 2.25. The van der Waals surface area contributed by atoms with Crippen LogP contribution < -0.4 is 10.1 Å². The molecule has 0 spiro atoms. The van der Waals surface area contributed by atoms with Gasteiger partial charge in [0.15, 0.2) is 0 Å². The van der Waals surface area contributed by atoms with Gasteiger partial charge in [0.25, 0.3) is 15.9 Å².